The van der Waals surface area contributed by atoms with Gasteiger partial charge in [0, 0.05) is 4.88 Å². The maximum atomic E-state index is 12.2. The molecule has 0 saturated heterocycles. The summed E-state index contributed by atoms with van der Waals surface area (Å²) in [6.07, 6.45) is 3.78. The zero-order chi connectivity index (χ0) is 20.1. The molecule has 0 spiro atoms. The SMILES string of the molecule is COc1ccc(CC(=O)OCC(=O)Nc2sc3c(c2C(N)=O)CCCC3)cc1. The van der Waals surface area contributed by atoms with Crippen LogP contribution in [0.15, 0.2) is 24.3 Å². The van der Waals surface area contributed by atoms with E-state index in [-0.39, 0.29) is 6.42 Å². The van der Waals surface area contributed by atoms with E-state index in [0.29, 0.717) is 16.3 Å². The van der Waals surface area contributed by atoms with E-state index in [1.54, 1.807) is 31.4 Å². The van der Waals surface area contributed by atoms with Crippen molar-refractivity contribution in [1.29, 1.82) is 0 Å². The molecule has 148 valence electrons. The standard InChI is InChI=1S/C20H22N2O5S/c1-26-13-8-6-12(7-9-13)10-17(24)27-11-16(23)22-20-18(19(21)25)14-4-2-3-5-15(14)28-20/h6-9H,2-5,10-11H2,1H3,(H2,21,25)(H,22,23). The lowest BCUT2D eigenvalue weighted by Gasteiger charge is -2.11. The van der Waals surface area contributed by atoms with Crippen molar-refractivity contribution < 1.29 is 23.9 Å². The van der Waals surface area contributed by atoms with Crippen LogP contribution in [0.2, 0.25) is 0 Å². The fourth-order valence-corrected chi connectivity index (χ4v) is 4.50. The second kappa shape index (κ2) is 8.88. The molecule has 1 aliphatic rings. The van der Waals surface area contributed by atoms with E-state index < -0.39 is 24.4 Å². The number of rotatable bonds is 7. The smallest absolute Gasteiger partial charge is 0.310 e. The zero-order valence-electron chi connectivity index (χ0n) is 15.6. The normalized spacial score (nSPS) is 12.8. The number of carbonyl (C=O) groups is 3. The molecule has 1 aliphatic carbocycles. The van der Waals surface area contributed by atoms with E-state index >= 15 is 0 Å². The molecule has 2 aromatic rings. The van der Waals surface area contributed by atoms with Crippen molar-refractivity contribution in [1.82, 2.24) is 0 Å². The Kier molecular flexibility index (Phi) is 6.30. The molecule has 0 saturated carbocycles. The number of ether oxygens (including phenoxy) is 2. The number of hydrogen-bond donors (Lipinski definition) is 2. The molecule has 0 atom stereocenters. The molecule has 2 amide bonds. The van der Waals surface area contributed by atoms with Gasteiger partial charge in [0.1, 0.15) is 10.8 Å². The van der Waals surface area contributed by atoms with Crippen LogP contribution >= 0.6 is 11.3 Å². The maximum absolute atomic E-state index is 12.2. The predicted octanol–water partition coefficient (Wildman–Crippen LogP) is 2.46. The minimum Gasteiger partial charge on any atom is -0.497 e. The van der Waals surface area contributed by atoms with Crippen LogP contribution in [0, 0.1) is 0 Å². The van der Waals surface area contributed by atoms with Gasteiger partial charge in [-0.15, -0.1) is 11.3 Å². The van der Waals surface area contributed by atoms with Crippen LogP contribution < -0.4 is 15.8 Å². The summed E-state index contributed by atoms with van der Waals surface area (Å²) < 4.78 is 10.1. The first kappa shape index (κ1) is 19.9. The maximum Gasteiger partial charge on any atom is 0.310 e. The Hall–Kier alpha value is -2.87. The molecule has 1 aromatic carbocycles. The molecule has 1 aromatic heterocycles. The summed E-state index contributed by atoms with van der Waals surface area (Å²) in [5.41, 5.74) is 7.59. The Bertz CT molecular complexity index is 889. The first-order chi connectivity index (χ1) is 13.5. The van der Waals surface area contributed by atoms with Crippen LogP contribution in [0.5, 0.6) is 5.75 Å². The van der Waals surface area contributed by atoms with Crippen molar-refractivity contribution in [3.63, 3.8) is 0 Å². The van der Waals surface area contributed by atoms with Gasteiger partial charge in [-0.1, -0.05) is 12.1 Å². The molecule has 0 unspecified atom stereocenters. The monoisotopic (exact) mass is 402 g/mol. The Morgan fingerprint density at radius 1 is 1.14 bits per heavy atom. The molecule has 8 heteroatoms. The Morgan fingerprint density at radius 3 is 2.54 bits per heavy atom. The quantitative estimate of drug-likeness (QED) is 0.692. The van der Waals surface area contributed by atoms with Crippen LogP contribution in [0.3, 0.4) is 0 Å². The van der Waals surface area contributed by atoms with Crippen LogP contribution in [0.4, 0.5) is 5.00 Å². The van der Waals surface area contributed by atoms with Crippen LogP contribution in [0.1, 0.15) is 39.2 Å². The van der Waals surface area contributed by atoms with Gasteiger partial charge in [-0.05, 0) is 48.9 Å². The highest BCUT2D eigenvalue weighted by molar-refractivity contribution is 7.17. The van der Waals surface area contributed by atoms with E-state index in [1.807, 2.05) is 0 Å². The molecule has 3 N–H and O–H groups in total. The van der Waals surface area contributed by atoms with Gasteiger partial charge in [-0.3, -0.25) is 14.4 Å². The molecular formula is C20H22N2O5S. The summed E-state index contributed by atoms with van der Waals surface area (Å²) >= 11 is 1.37. The topological polar surface area (TPSA) is 108 Å². The van der Waals surface area contributed by atoms with Gasteiger partial charge in [-0.2, -0.15) is 0 Å². The third-order valence-electron chi connectivity index (χ3n) is 4.54. The highest BCUT2D eigenvalue weighted by atomic mass is 32.1. The number of nitrogens with two attached hydrogens (primary N) is 1. The summed E-state index contributed by atoms with van der Waals surface area (Å²) in [6, 6.07) is 7.02. The number of primary amides is 1. The second-order valence-corrected chi connectivity index (χ2v) is 7.62. The number of nitrogens with one attached hydrogen (secondary N) is 1. The van der Waals surface area contributed by atoms with Crippen molar-refractivity contribution >= 4 is 34.1 Å². The minimum absolute atomic E-state index is 0.0527. The Morgan fingerprint density at radius 2 is 1.86 bits per heavy atom. The van der Waals surface area contributed by atoms with E-state index in [0.717, 1.165) is 41.7 Å². The molecule has 0 aliphatic heterocycles. The van der Waals surface area contributed by atoms with Crippen LogP contribution in [0.25, 0.3) is 0 Å². The van der Waals surface area contributed by atoms with Crippen molar-refractivity contribution in [3.8, 4) is 5.75 Å². The van der Waals surface area contributed by atoms with Gasteiger partial charge in [0.2, 0.25) is 0 Å². The van der Waals surface area contributed by atoms with E-state index in [2.05, 4.69) is 5.32 Å². The van der Waals surface area contributed by atoms with Crippen molar-refractivity contribution in [2.75, 3.05) is 19.0 Å². The van der Waals surface area contributed by atoms with Crippen molar-refractivity contribution in [2.24, 2.45) is 5.73 Å². The lowest BCUT2D eigenvalue weighted by Crippen LogP contribution is -2.23. The first-order valence-electron chi connectivity index (χ1n) is 9.00. The molecule has 0 radical (unpaired) electrons. The number of aryl methyl sites for hydroxylation is 1. The fourth-order valence-electron chi connectivity index (χ4n) is 3.18. The zero-order valence-corrected chi connectivity index (χ0v) is 16.4. The van der Waals surface area contributed by atoms with Gasteiger partial charge in [0.15, 0.2) is 6.61 Å². The number of esters is 1. The van der Waals surface area contributed by atoms with Gasteiger partial charge in [-0.25, -0.2) is 0 Å². The molecule has 3 rings (SSSR count). The molecule has 28 heavy (non-hydrogen) atoms. The second-order valence-electron chi connectivity index (χ2n) is 6.51. The fraction of sp³-hybridized carbons (Fsp3) is 0.350. The van der Waals surface area contributed by atoms with Crippen LogP contribution in [-0.4, -0.2) is 31.5 Å². The number of carbonyl (C=O) groups excluding carboxylic acids is 3. The average molecular weight is 402 g/mol. The number of fused-ring (bicyclic) bond motifs is 1. The first-order valence-corrected chi connectivity index (χ1v) is 9.82. The number of benzene rings is 1. The van der Waals surface area contributed by atoms with E-state index in [4.69, 9.17) is 15.2 Å². The Balaban J connectivity index is 1.56. The number of methoxy groups -OCH3 is 1. The highest BCUT2D eigenvalue weighted by Crippen LogP contribution is 2.37. The summed E-state index contributed by atoms with van der Waals surface area (Å²) in [6.45, 7) is -0.421. The summed E-state index contributed by atoms with van der Waals surface area (Å²) in [5, 5.41) is 3.11. The number of thiophene rings is 1. The summed E-state index contributed by atoms with van der Waals surface area (Å²) in [4.78, 5) is 37.1. The molecule has 0 bridgehead atoms. The lowest BCUT2D eigenvalue weighted by molar-refractivity contribution is -0.146. The number of hydrogen-bond acceptors (Lipinski definition) is 6. The summed E-state index contributed by atoms with van der Waals surface area (Å²) in [7, 11) is 1.57. The number of amides is 2. The molecule has 7 nitrogen and oxygen atoms in total. The van der Waals surface area contributed by atoms with E-state index in [9.17, 15) is 14.4 Å². The summed E-state index contributed by atoms with van der Waals surface area (Å²) in [5.74, 6) is -0.864. The van der Waals surface area contributed by atoms with Gasteiger partial charge >= 0.3 is 5.97 Å². The highest BCUT2D eigenvalue weighted by Gasteiger charge is 2.25. The van der Waals surface area contributed by atoms with Crippen molar-refractivity contribution in [2.45, 2.75) is 32.1 Å². The predicted molar refractivity (Wildman–Crippen MR) is 106 cm³/mol. The number of anilines is 1. The third-order valence-corrected chi connectivity index (χ3v) is 5.75. The largest absolute Gasteiger partial charge is 0.497 e. The third kappa shape index (κ3) is 4.69. The lowest BCUT2D eigenvalue weighted by atomic mass is 9.95. The molecular weight excluding hydrogens is 380 g/mol. The average Bonchev–Trinajstić information content (AvgIpc) is 3.05. The van der Waals surface area contributed by atoms with Gasteiger partial charge < -0.3 is 20.5 Å². The van der Waals surface area contributed by atoms with Gasteiger partial charge in [0.25, 0.3) is 11.8 Å². The van der Waals surface area contributed by atoms with E-state index in [1.165, 1.54) is 11.3 Å². The molecule has 0 fully saturated rings. The Labute approximate surface area is 166 Å². The minimum atomic E-state index is -0.550. The van der Waals surface area contributed by atoms with Gasteiger partial charge in [0.05, 0.1) is 19.1 Å². The van der Waals surface area contributed by atoms with Crippen LogP contribution in [-0.2, 0) is 33.6 Å². The molecule has 1 heterocycles. The van der Waals surface area contributed by atoms with Crippen molar-refractivity contribution in [3.05, 3.63) is 45.8 Å².